The number of carbonyl (C=O) groups excluding carboxylic acids is 1. The molecule has 2 nitrogen and oxygen atoms in total. The fourth-order valence-electron chi connectivity index (χ4n) is 1.11. The van der Waals surface area contributed by atoms with Gasteiger partial charge in [-0.3, -0.25) is 4.79 Å². The molecule has 6 heteroatoms. The number of ketones is 1. The molecule has 0 radical (unpaired) electrons. The van der Waals surface area contributed by atoms with Crippen molar-refractivity contribution in [2.45, 2.75) is 18.4 Å². The molecule has 0 aliphatic carbocycles. The van der Waals surface area contributed by atoms with Gasteiger partial charge >= 0.3 is 6.61 Å². The van der Waals surface area contributed by atoms with Crippen LogP contribution in [0.15, 0.2) is 22.7 Å². The summed E-state index contributed by atoms with van der Waals surface area (Å²) in [6.45, 7) is -1.33. The second-order valence-electron chi connectivity index (χ2n) is 3.00. The van der Waals surface area contributed by atoms with Gasteiger partial charge in [0.1, 0.15) is 5.75 Å². The van der Waals surface area contributed by atoms with E-state index in [4.69, 9.17) is 0 Å². The van der Waals surface area contributed by atoms with Crippen molar-refractivity contribution < 1.29 is 18.3 Å². The Bertz CT molecular complexity index is 394. The average molecular weight is 358 g/mol. The van der Waals surface area contributed by atoms with Crippen LogP contribution in [0.4, 0.5) is 8.78 Å². The summed E-state index contributed by atoms with van der Waals surface area (Å²) in [5.74, 6) is -0.427. The van der Waals surface area contributed by atoms with Gasteiger partial charge in [0.05, 0.1) is 10.4 Å². The maximum absolute atomic E-state index is 12.1. The SMILES string of the molecule is CC(Br)C(=O)c1ccc(Br)cc1OC(F)F. The van der Waals surface area contributed by atoms with Crippen LogP contribution in [0.5, 0.6) is 5.75 Å². The summed E-state index contributed by atoms with van der Waals surface area (Å²) in [4.78, 5) is 11.2. The van der Waals surface area contributed by atoms with Gasteiger partial charge in [-0.25, -0.2) is 0 Å². The molecule has 0 aromatic heterocycles. The van der Waals surface area contributed by atoms with E-state index >= 15 is 0 Å². The van der Waals surface area contributed by atoms with Crippen molar-refractivity contribution in [3.63, 3.8) is 0 Å². The maximum atomic E-state index is 12.1. The summed E-state index contributed by atoms with van der Waals surface area (Å²) < 4.78 is 29.1. The lowest BCUT2D eigenvalue weighted by Gasteiger charge is -2.11. The van der Waals surface area contributed by atoms with Crippen molar-refractivity contribution in [2.24, 2.45) is 0 Å². The molecule has 0 aliphatic heterocycles. The second kappa shape index (κ2) is 5.72. The Labute approximate surface area is 108 Å². The Morgan fingerprint density at radius 2 is 2.06 bits per heavy atom. The fraction of sp³-hybridized carbons (Fsp3) is 0.300. The quantitative estimate of drug-likeness (QED) is 0.601. The van der Waals surface area contributed by atoms with Crippen molar-refractivity contribution >= 4 is 37.6 Å². The number of carbonyl (C=O) groups is 1. The summed E-state index contributed by atoms with van der Waals surface area (Å²) in [7, 11) is 0. The van der Waals surface area contributed by atoms with Crippen LogP contribution < -0.4 is 4.74 Å². The minimum Gasteiger partial charge on any atom is -0.434 e. The van der Waals surface area contributed by atoms with Crippen LogP contribution >= 0.6 is 31.9 Å². The van der Waals surface area contributed by atoms with Crippen molar-refractivity contribution in [1.82, 2.24) is 0 Å². The zero-order chi connectivity index (χ0) is 12.3. The first-order valence-electron chi connectivity index (χ1n) is 4.34. The summed E-state index contributed by atoms with van der Waals surface area (Å²) in [6.07, 6.45) is 0. The first-order chi connectivity index (χ1) is 7.41. The maximum Gasteiger partial charge on any atom is 0.387 e. The third kappa shape index (κ3) is 3.52. The third-order valence-corrected chi connectivity index (χ3v) is 2.70. The second-order valence-corrected chi connectivity index (χ2v) is 5.29. The Kier molecular flexibility index (Phi) is 4.86. The lowest BCUT2D eigenvalue weighted by molar-refractivity contribution is -0.0501. The molecule has 88 valence electrons. The van der Waals surface area contributed by atoms with E-state index in [1.54, 1.807) is 13.0 Å². The highest BCUT2D eigenvalue weighted by atomic mass is 79.9. The number of benzene rings is 1. The molecular formula is C10H8Br2F2O2. The molecule has 0 amide bonds. The lowest BCUT2D eigenvalue weighted by Crippen LogP contribution is -2.13. The highest BCUT2D eigenvalue weighted by Gasteiger charge is 2.19. The molecule has 1 atom stereocenters. The van der Waals surface area contributed by atoms with Gasteiger partial charge in [-0.2, -0.15) is 8.78 Å². The molecule has 1 unspecified atom stereocenters. The molecule has 16 heavy (non-hydrogen) atoms. The van der Waals surface area contributed by atoms with Crippen molar-refractivity contribution in [3.8, 4) is 5.75 Å². The van der Waals surface area contributed by atoms with Gasteiger partial charge in [0.25, 0.3) is 0 Å². The van der Waals surface area contributed by atoms with Crippen LogP contribution in [0.3, 0.4) is 0 Å². The van der Waals surface area contributed by atoms with Gasteiger partial charge in [0.15, 0.2) is 5.78 Å². The third-order valence-electron chi connectivity index (χ3n) is 1.79. The summed E-state index contributed by atoms with van der Waals surface area (Å²) in [5.41, 5.74) is 0.132. The zero-order valence-corrected chi connectivity index (χ0v) is 11.4. The highest BCUT2D eigenvalue weighted by molar-refractivity contribution is 9.10. The van der Waals surface area contributed by atoms with Crippen LogP contribution in [0.2, 0.25) is 0 Å². The molecule has 1 rings (SSSR count). The van der Waals surface area contributed by atoms with Crippen LogP contribution in [0.1, 0.15) is 17.3 Å². The molecule has 1 aromatic carbocycles. The number of hydrogen-bond acceptors (Lipinski definition) is 2. The van der Waals surface area contributed by atoms with Crippen molar-refractivity contribution in [3.05, 3.63) is 28.2 Å². The Balaban J connectivity index is 3.12. The van der Waals surface area contributed by atoms with Crippen LogP contribution in [-0.4, -0.2) is 17.2 Å². The van der Waals surface area contributed by atoms with Crippen molar-refractivity contribution in [1.29, 1.82) is 0 Å². The molecule has 0 saturated carbocycles. The number of halogens is 4. The van der Waals surface area contributed by atoms with E-state index in [9.17, 15) is 13.6 Å². The van der Waals surface area contributed by atoms with Gasteiger partial charge < -0.3 is 4.74 Å². The van der Waals surface area contributed by atoms with E-state index in [1.165, 1.54) is 12.1 Å². The lowest BCUT2D eigenvalue weighted by atomic mass is 10.1. The molecule has 0 aliphatic rings. The predicted octanol–water partition coefficient (Wildman–Crippen LogP) is 4.02. The van der Waals surface area contributed by atoms with Gasteiger partial charge in [-0.05, 0) is 25.1 Å². The number of hydrogen-bond donors (Lipinski definition) is 0. The minimum atomic E-state index is -2.95. The van der Waals surface area contributed by atoms with Crippen LogP contribution in [-0.2, 0) is 0 Å². The molecular weight excluding hydrogens is 350 g/mol. The van der Waals surface area contributed by atoms with E-state index in [2.05, 4.69) is 36.6 Å². The molecule has 0 fully saturated rings. The van der Waals surface area contributed by atoms with Gasteiger partial charge in [-0.15, -0.1) is 0 Å². The van der Waals surface area contributed by atoms with E-state index < -0.39 is 11.4 Å². The summed E-state index contributed by atoms with van der Waals surface area (Å²) in [6, 6.07) is 4.39. The predicted molar refractivity (Wildman–Crippen MR) is 63.5 cm³/mol. The smallest absolute Gasteiger partial charge is 0.387 e. The Morgan fingerprint density at radius 3 is 2.56 bits per heavy atom. The zero-order valence-electron chi connectivity index (χ0n) is 8.22. The van der Waals surface area contributed by atoms with Crippen LogP contribution in [0, 0.1) is 0 Å². The number of alkyl halides is 3. The number of rotatable bonds is 4. The molecule has 0 N–H and O–H groups in total. The standard InChI is InChI=1S/C10H8Br2F2O2/c1-5(11)9(15)7-3-2-6(12)4-8(7)16-10(13)14/h2-5,10H,1H3. The van der Waals surface area contributed by atoms with Gasteiger partial charge in [0.2, 0.25) is 0 Å². The van der Waals surface area contributed by atoms with Gasteiger partial charge in [0, 0.05) is 4.47 Å². The van der Waals surface area contributed by atoms with E-state index in [1.807, 2.05) is 0 Å². The number of ether oxygens (including phenoxy) is 1. The van der Waals surface area contributed by atoms with Gasteiger partial charge in [-0.1, -0.05) is 31.9 Å². The normalized spacial score (nSPS) is 12.6. The minimum absolute atomic E-state index is 0.124. The molecule has 0 saturated heterocycles. The van der Waals surface area contributed by atoms with Crippen LogP contribution in [0.25, 0.3) is 0 Å². The average Bonchev–Trinajstić information content (AvgIpc) is 2.15. The fourth-order valence-corrected chi connectivity index (χ4v) is 1.69. The molecule has 0 bridgehead atoms. The monoisotopic (exact) mass is 356 g/mol. The first kappa shape index (κ1) is 13.6. The summed E-state index contributed by atoms with van der Waals surface area (Å²) >= 11 is 6.22. The first-order valence-corrected chi connectivity index (χ1v) is 6.05. The Morgan fingerprint density at radius 1 is 1.44 bits per heavy atom. The molecule has 0 heterocycles. The topological polar surface area (TPSA) is 26.3 Å². The number of Topliss-reactive ketones (excluding diaryl/α,β-unsaturated/α-hetero) is 1. The van der Waals surface area contributed by atoms with E-state index in [0.717, 1.165) is 0 Å². The summed E-state index contributed by atoms with van der Waals surface area (Å²) in [5, 5.41) is 0. The van der Waals surface area contributed by atoms with Crippen molar-refractivity contribution in [2.75, 3.05) is 0 Å². The van der Waals surface area contributed by atoms with E-state index in [0.29, 0.717) is 4.47 Å². The largest absolute Gasteiger partial charge is 0.434 e. The Hall–Kier alpha value is -0.490. The van der Waals surface area contributed by atoms with E-state index in [-0.39, 0.29) is 17.1 Å². The molecule has 0 spiro atoms. The highest BCUT2D eigenvalue weighted by Crippen LogP contribution is 2.27. The molecule has 1 aromatic rings.